The van der Waals surface area contributed by atoms with Gasteiger partial charge < -0.3 is 4.74 Å². The molecule has 0 aromatic rings. The van der Waals surface area contributed by atoms with E-state index in [1.165, 1.54) is 51.9 Å². The van der Waals surface area contributed by atoms with E-state index in [-0.39, 0.29) is 5.97 Å². The van der Waals surface area contributed by atoms with Gasteiger partial charge in [-0.1, -0.05) is 52.4 Å². The van der Waals surface area contributed by atoms with Crippen molar-refractivity contribution in [2.24, 2.45) is 5.92 Å². The molecule has 19 heavy (non-hydrogen) atoms. The molecule has 0 aromatic carbocycles. The van der Waals surface area contributed by atoms with Gasteiger partial charge in [0.1, 0.15) is 0 Å². The van der Waals surface area contributed by atoms with Crippen LogP contribution in [-0.2, 0) is 9.53 Å². The molecule has 0 unspecified atom stereocenters. The van der Waals surface area contributed by atoms with Crippen molar-refractivity contribution in [1.29, 1.82) is 0 Å². The van der Waals surface area contributed by atoms with E-state index in [0.717, 1.165) is 12.8 Å². The molecule has 0 aliphatic heterocycles. The van der Waals surface area contributed by atoms with E-state index in [4.69, 9.17) is 4.74 Å². The van der Waals surface area contributed by atoms with Gasteiger partial charge in [0.15, 0.2) is 0 Å². The average Bonchev–Trinajstić information content (AvgIpc) is 2.34. The zero-order chi connectivity index (χ0) is 14.3. The number of hydrogen-bond donors (Lipinski definition) is 0. The number of unbranched alkanes of at least 4 members (excludes halogenated alkanes) is 8. The number of ether oxygens (including phenoxy) is 1. The first-order chi connectivity index (χ1) is 9.13. The van der Waals surface area contributed by atoms with Crippen molar-refractivity contribution in [3.8, 4) is 11.8 Å². The monoisotopic (exact) mass is 266 g/mol. The summed E-state index contributed by atoms with van der Waals surface area (Å²) in [6, 6.07) is 0. The van der Waals surface area contributed by atoms with Crippen LogP contribution in [0.4, 0.5) is 0 Å². The molecule has 0 heterocycles. The van der Waals surface area contributed by atoms with Crippen LogP contribution in [0.2, 0.25) is 0 Å². The van der Waals surface area contributed by atoms with Crippen LogP contribution in [0, 0.1) is 17.8 Å². The standard InChI is InChI=1S/C17H30O2/c1-16(2)14-12-10-8-6-4-5-7-9-11-13-15-19-17(3)18/h16H,4-11,13,15H2,1-3H3. The van der Waals surface area contributed by atoms with Gasteiger partial charge in [0.25, 0.3) is 0 Å². The van der Waals surface area contributed by atoms with Gasteiger partial charge in [-0.05, 0) is 12.8 Å². The summed E-state index contributed by atoms with van der Waals surface area (Å²) in [5.41, 5.74) is 0. The molecule has 0 atom stereocenters. The van der Waals surface area contributed by atoms with Crippen LogP contribution in [0.3, 0.4) is 0 Å². The third-order valence-corrected chi connectivity index (χ3v) is 2.89. The van der Waals surface area contributed by atoms with Crippen LogP contribution in [-0.4, -0.2) is 12.6 Å². The largest absolute Gasteiger partial charge is 0.466 e. The van der Waals surface area contributed by atoms with Crippen molar-refractivity contribution in [2.45, 2.75) is 78.6 Å². The molecule has 2 heteroatoms. The first-order valence-corrected chi connectivity index (χ1v) is 7.74. The molecule has 0 aliphatic carbocycles. The fourth-order valence-corrected chi connectivity index (χ4v) is 1.87. The summed E-state index contributed by atoms with van der Waals surface area (Å²) in [6.07, 6.45) is 11.0. The molecule has 0 bridgehead atoms. The maximum atomic E-state index is 10.5. The highest BCUT2D eigenvalue weighted by Gasteiger charge is 1.94. The van der Waals surface area contributed by atoms with Crippen LogP contribution in [0.15, 0.2) is 0 Å². The molecule has 0 radical (unpaired) electrons. The first-order valence-electron chi connectivity index (χ1n) is 7.74. The van der Waals surface area contributed by atoms with Gasteiger partial charge in [0.05, 0.1) is 6.61 Å². The third kappa shape index (κ3) is 17.0. The molecule has 110 valence electrons. The van der Waals surface area contributed by atoms with E-state index in [0.29, 0.717) is 12.5 Å². The zero-order valence-electron chi connectivity index (χ0n) is 13.0. The lowest BCUT2D eigenvalue weighted by Crippen LogP contribution is -2.00. The van der Waals surface area contributed by atoms with Gasteiger partial charge >= 0.3 is 5.97 Å². The Hall–Kier alpha value is -0.970. The summed E-state index contributed by atoms with van der Waals surface area (Å²) in [5, 5.41) is 0. The Labute approximate surface area is 119 Å². The Kier molecular flexibility index (Phi) is 12.8. The minimum atomic E-state index is -0.166. The highest BCUT2D eigenvalue weighted by molar-refractivity contribution is 5.65. The maximum Gasteiger partial charge on any atom is 0.302 e. The molecular formula is C17H30O2. The number of carbonyl (C=O) groups is 1. The van der Waals surface area contributed by atoms with Crippen molar-refractivity contribution < 1.29 is 9.53 Å². The Morgan fingerprint density at radius 3 is 2.00 bits per heavy atom. The van der Waals surface area contributed by atoms with Gasteiger partial charge in [-0.3, -0.25) is 4.79 Å². The summed E-state index contributed by atoms with van der Waals surface area (Å²) in [4.78, 5) is 10.5. The summed E-state index contributed by atoms with van der Waals surface area (Å²) in [6.45, 7) is 6.32. The van der Waals surface area contributed by atoms with Gasteiger partial charge in [-0.25, -0.2) is 0 Å². The zero-order valence-corrected chi connectivity index (χ0v) is 13.0. The Morgan fingerprint density at radius 1 is 0.947 bits per heavy atom. The summed E-state index contributed by atoms with van der Waals surface area (Å²) in [5.74, 6) is 6.77. The molecule has 0 fully saturated rings. The van der Waals surface area contributed by atoms with Crippen LogP contribution in [0.5, 0.6) is 0 Å². The SMILES string of the molecule is CC(=O)OCCCCCCCCCCC#CC(C)C. The third-order valence-electron chi connectivity index (χ3n) is 2.89. The van der Waals surface area contributed by atoms with E-state index >= 15 is 0 Å². The van der Waals surface area contributed by atoms with E-state index in [9.17, 15) is 4.79 Å². The molecule has 0 aliphatic rings. The Balaban J connectivity index is 3.07. The minimum absolute atomic E-state index is 0.166. The second-order valence-electron chi connectivity index (χ2n) is 5.39. The van der Waals surface area contributed by atoms with Crippen LogP contribution >= 0.6 is 0 Å². The van der Waals surface area contributed by atoms with Crippen LogP contribution in [0.25, 0.3) is 0 Å². The Morgan fingerprint density at radius 2 is 1.47 bits per heavy atom. The van der Waals surface area contributed by atoms with Crippen molar-refractivity contribution in [3.63, 3.8) is 0 Å². The van der Waals surface area contributed by atoms with Gasteiger partial charge in [-0.2, -0.15) is 0 Å². The van der Waals surface area contributed by atoms with E-state index in [2.05, 4.69) is 25.7 Å². The molecular weight excluding hydrogens is 236 g/mol. The molecule has 0 saturated heterocycles. The van der Waals surface area contributed by atoms with Crippen molar-refractivity contribution in [3.05, 3.63) is 0 Å². The van der Waals surface area contributed by atoms with Crippen LogP contribution < -0.4 is 0 Å². The lowest BCUT2D eigenvalue weighted by Gasteiger charge is -2.02. The molecule has 0 saturated carbocycles. The van der Waals surface area contributed by atoms with Gasteiger partial charge in [0, 0.05) is 19.3 Å². The van der Waals surface area contributed by atoms with Crippen LogP contribution in [0.1, 0.15) is 78.6 Å². The van der Waals surface area contributed by atoms with Crippen molar-refractivity contribution in [1.82, 2.24) is 0 Å². The number of carbonyl (C=O) groups excluding carboxylic acids is 1. The summed E-state index contributed by atoms with van der Waals surface area (Å²) < 4.78 is 4.89. The predicted molar refractivity (Wildman–Crippen MR) is 80.8 cm³/mol. The highest BCUT2D eigenvalue weighted by Crippen LogP contribution is 2.09. The fraction of sp³-hybridized carbons (Fsp3) is 0.824. The second-order valence-corrected chi connectivity index (χ2v) is 5.39. The average molecular weight is 266 g/mol. The quantitative estimate of drug-likeness (QED) is 0.325. The lowest BCUT2D eigenvalue weighted by molar-refractivity contribution is -0.141. The number of hydrogen-bond acceptors (Lipinski definition) is 2. The Bertz CT molecular complexity index is 271. The smallest absolute Gasteiger partial charge is 0.302 e. The molecule has 2 nitrogen and oxygen atoms in total. The summed E-state index contributed by atoms with van der Waals surface area (Å²) in [7, 11) is 0. The molecule has 0 spiro atoms. The van der Waals surface area contributed by atoms with Crippen molar-refractivity contribution >= 4 is 5.97 Å². The fourth-order valence-electron chi connectivity index (χ4n) is 1.87. The van der Waals surface area contributed by atoms with Gasteiger partial charge in [0.2, 0.25) is 0 Å². The second kappa shape index (κ2) is 13.5. The summed E-state index contributed by atoms with van der Waals surface area (Å²) >= 11 is 0. The molecule has 0 amide bonds. The predicted octanol–water partition coefficient (Wildman–Crippen LogP) is 4.72. The molecule has 0 aromatic heterocycles. The van der Waals surface area contributed by atoms with Crippen molar-refractivity contribution in [2.75, 3.05) is 6.61 Å². The molecule has 0 N–H and O–H groups in total. The van der Waals surface area contributed by atoms with E-state index in [1.54, 1.807) is 0 Å². The first kappa shape index (κ1) is 18.0. The normalized spacial score (nSPS) is 10.1. The molecule has 0 rings (SSSR count). The van der Waals surface area contributed by atoms with Gasteiger partial charge in [-0.15, -0.1) is 11.8 Å². The number of esters is 1. The lowest BCUT2D eigenvalue weighted by atomic mass is 10.1. The topological polar surface area (TPSA) is 26.3 Å². The van der Waals surface area contributed by atoms with E-state index in [1.807, 2.05) is 0 Å². The maximum absolute atomic E-state index is 10.5. The minimum Gasteiger partial charge on any atom is -0.466 e. The number of rotatable bonds is 10. The van der Waals surface area contributed by atoms with E-state index < -0.39 is 0 Å². The highest BCUT2D eigenvalue weighted by atomic mass is 16.5.